The number of nitrogens with one attached hydrogen (secondary N) is 2. The molecule has 0 aliphatic carbocycles. The number of carbonyl (C=O) groups excluding carboxylic acids is 1. The Kier molecular flexibility index (Phi) is 5.00. The van der Waals surface area contributed by atoms with E-state index in [1.54, 1.807) is 0 Å². The van der Waals surface area contributed by atoms with Crippen molar-refractivity contribution in [1.82, 2.24) is 9.97 Å². The molecule has 1 amide bonds. The van der Waals surface area contributed by atoms with Crippen molar-refractivity contribution >= 4 is 11.6 Å². The number of benzene rings is 3. The molecule has 0 radical (unpaired) electrons. The summed E-state index contributed by atoms with van der Waals surface area (Å²) in [6, 6.07) is 24.5. The Balaban J connectivity index is 1.79. The standard InChI is InChI=1S/C25H23N3O/c1-16-4-8-19(9-5-16)23-24(20-10-6-17(2)7-11-20)28-25(27-23)21-12-14-22(15-13-21)26-18(3)29/h4-15H,1-3H3,(H,26,29)(H,27,28). The van der Waals surface area contributed by atoms with Gasteiger partial charge >= 0.3 is 0 Å². The van der Waals surface area contributed by atoms with E-state index in [9.17, 15) is 4.79 Å². The van der Waals surface area contributed by atoms with Crippen LogP contribution in [-0.2, 0) is 4.79 Å². The summed E-state index contributed by atoms with van der Waals surface area (Å²) in [6.07, 6.45) is 0. The van der Waals surface area contributed by atoms with Gasteiger partial charge in [-0.1, -0.05) is 59.7 Å². The van der Waals surface area contributed by atoms with Crippen molar-refractivity contribution in [3.05, 3.63) is 83.9 Å². The van der Waals surface area contributed by atoms with Crippen LogP contribution in [0, 0.1) is 13.8 Å². The van der Waals surface area contributed by atoms with Crippen LogP contribution in [0.3, 0.4) is 0 Å². The third-order valence-electron chi connectivity index (χ3n) is 4.85. The Labute approximate surface area is 170 Å². The smallest absolute Gasteiger partial charge is 0.221 e. The first kappa shape index (κ1) is 18.7. The lowest BCUT2D eigenvalue weighted by atomic mass is 10.0. The van der Waals surface area contributed by atoms with Gasteiger partial charge in [-0.25, -0.2) is 4.98 Å². The first-order chi connectivity index (χ1) is 14.0. The van der Waals surface area contributed by atoms with Crippen molar-refractivity contribution in [3.63, 3.8) is 0 Å². The summed E-state index contributed by atoms with van der Waals surface area (Å²) in [4.78, 5) is 19.7. The van der Waals surface area contributed by atoms with Crippen LogP contribution < -0.4 is 5.32 Å². The highest BCUT2D eigenvalue weighted by atomic mass is 16.1. The summed E-state index contributed by atoms with van der Waals surface area (Å²) < 4.78 is 0. The van der Waals surface area contributed by atoms with Crippen LogP contribution >= 0.6 is 0 Å². The van der Waals surface area contributed by atoms with E-state index in [2.05, 4.69) is 72.7 Å². The van der Waals surface area contributed by atoms with Crippen LogP contribution in [0.25, 0.3) is 33.9 Å². The molecule has 1 heterocycles. The molecular weight excluding hydrogens is 358 g/mol. The van der Waals surface area contributed by atoms with Crippen molar-refractivity contribution in [2.45, 2.75) is 20.8 Å². The molecule has 144 valence electrons. The van der Waals surface area contributed by atoms with Gasteiger partial charge in [-0.2, -0.15) is 0 Å². The van der Waals surface area contributed by atoms with Crippen molar-refractivity contribution in [1.29, 1.82) is 0 Å². The number of amides is 1. The van der Waals surface area contributed by atoms with Gasteiger partial charge in [-0.15, -0.1) is 0 Å². The van der Waals surface area contributed by atoms with Gasteiger partial charge in [0.25, 0.3) is 0 Å². The topological polar surface area (TPSA) is 57.8 Å². The SMILES string of the molecule is CC(=O)Nc1ccc(-c2nc(-c3ccc(C)cc3)c(-c3ccc(C)cc3)[nH]2)cc1. The van der Waals surface area contributed by atoms with E-state index < -0.39 is 0 Å². The number of imidazole rings is 1. The molecule has 29 heavy (non-hydrogen) atoms. The zero-order valence-electron chi connectivity index (χ0n) is 16.8. The number of aryl methyl sites for hydroxylation is 2. The summed E-state index contributed by atoms with van der Waals surface area (Å²) in [7, 11) is 0. The molecule has 0 atom stereocenters. The number of H-pyrrole nitrogens is 1. The summed E-state index contributed by atoms with van der Waals surface area (Å²) in [5.41, 5.74) is 8.26. The van der Waals surface area contributed by atoms with Crippen LogP contribution in [0.15, 0.2) is 72.8 Å². The molecule has 1 aromatic heterocycles. The Morgan fingerprint density at radius 3 is 1.83 bits per heavy atom. The monoisotopic (exact) mass is 381 g/mol. The van der Waals surface area contributed by atoms with Crippen LogP contribution in [0.2, 0.25) is 0 Å². The Bertz CT molecular complexity index is 1080. The number of anilines is 1. The quantitative estimate of drug-likeness (QED) is 0.456. The van der Waals surface area contributed by atoms with Crippen molar-refractivity contribution in [3.8, 4) is 33.9 Å². The average molecular weight is 381 g/mol. The maximum absolute atomic E-state index is 11.2. The Hall–Kier alpha value is -3.66. The number of nitrogens with zero attached hydrogens (tertiary/aromatic N) is 1. The maximum Gasteiger partial charge on any atom is 0.221 e. The maximum atomic E-state index is 11.2. The molecule has 0 aliphatic rings. The van der Waals surface area contributed by atoms with E-state index in [4.69, 9.17) is 4.98 Å². The summed E-state index contributed by atoms with van der Waals surface area (Å²) in [6.45, 7) is 5.67. The fourth-order valence-electron chi connectivity index (χ4n) is 3.27. The van der Waals surface area contributed by atoms with Gasteiger partial charge in [0.05, 0.1) is 11.4 Å². The minimum absolute atomic E-state index is 0.0842. The zero-order chi connectivity index (χ0) is 20.4. The highest BCUT2D eigenvalue weighted by Crippen LogP contribution is 2.33. The van der Waals surface area contributed by atoms with E-state index in [0.717, 1.165) is 39.6 Å². The zero-order valence-corrected chi connectivity index (χ0v) is 16.8. The normalized spacial score (nSPS) is 10.7. The van der Waals surface area contributed by atoms with Gasteiger partial charge in [0.1, 0.15) is 5.82 Å². The summed E-state index contributed by atoms with van der Waals surface area (Å²) in [5.74, 6) is 0.713. The van der Waals surface area contributed by atoms with Crippen LogP contribution in [0.4, 0.5) is 5.69 Å². The molecule has 4 nitrogen and oxygen atoms in total. The molecule has 4 rings (SSSR count). The average Bonchev–Trinajstić information content (AvgIpc) is 3.14. The molecule has 0 bridgehead atoms. The Morgan fingerprint density at radius 1 is 0.759 bits per heavy atom. The number of aromatic nitrogens is 2. The van der Waals surface area contributed by atoms with Crippen molar-refractivity contribution < 1.29 is 4.79 Å². The second kappa shape index (κ2) is 7.76. The highest BCUT2D eigenvalue weighted by Gasteiger charge is 2.15. The lowest BCUT2D eigenvalue weighted by Gasteiger charge is -2.04. The number of carbonyl (C=O) groups is 1. The first-order valence-corrected chi connectivity index (χ1v) is 9.62. The number of aromatic amines is 1. The van der Waals surface area contributed by atoms with Gasteiger partial charge in [0.2, 0.25) is 5.91 Å². The lowest BCUT2D eigenvalue weighted by molar-refractivity contribution is -0.114. The predicted molar refractivity (Wildman–Crippen MR) is 119 cm³/mol. The van der Waals surface area contributed by atoms with E-state index in [0.29, 0.717) is 0 Å². The van der Waals surface area contributed by atoms with Crippen LogP contribution in [0.5, 0.6) is 0 Å². The van der Waals surface area contributed by atoms with Crippen LogP contribution in [0.1, 0.15) is 18.1 Å². The minimum atomic E-state index is -0.0842. The van der Waals surface area contributed by atoms with Gasteiger partial charge in [-0.3, -0.25) is 4.79 Å². The number of rotatable bonds is 4. The minimum Gasteiger partial charge on any atom is -0.337 e. The molecule has 4 heteroatoms. The first-order valence-electron chi connectivity index (χ1n) is 9.62. The molecule has 0 spiro atoms. The molecule has 0 saturated carbocycles. The van der Waals surface area contributed by atoms with Gasteiger partial charge in [0.15, 0.2) is 0 Å². The molecule has 0 unspecified atom stereocenters. The highest BCUT2D eigenvalue weighted by molar-refractivity contribution is 5.89. The molecule has 3 aromatic carbocycles. The summed E-state index contributed by atoms with van der Waals surface area (Å²) in [5, 5.41) is 2.79. The lowest BCUT2D eigenvalue weighted by Crippen LogP contribution is -2.05. The summed E-state index contributed by atoms with van der Waals surface area (Å²) >= 11 is 0. The van der Waals surface area contributed by atoms with E-state index >= 15 is 0 Å². The molecule has 0 fully saturated rings. The van der Waals surface area contributed by atoms with Crippen molar-refractivity contribution in [2.75, 3.05) is 5.32 Å². The van der Waals surface area contributed by atoms with Gasteiger partial charge in [-0.05, 0) is 38.1 Å². The third-order valence-corrected chi connectivity index (χ3v) is 4.85. The molecular formula is C25H23N3O. The Morgan fingerprint density at radius 2 is 1.28 bits per heavy atom. The molecule has 4 aromatic rings. The molecule has 2 N–H and O–H groups in total. The predicted octanol–water partition coefficient (Wildman–Crippen LogP) is 5.99. The second-order valence-corrected chi connectivity index (χ2v) is 7.30. The number of hydrogen-bond donors (Lipinski definition) is 2. The third kappa shape index (κ3) is 4.11. The van der Waals surface area contributed by atoms with Crippen molar-refractivity contribution in [2.24, 2.45) is 0 Å². The second-order valence-electron chi connectivity index (χ2n) is 7.30. The number of hydrogen-bond acceptors (Lipinski definition) is 2. The molecule has 0 saturated heterocycles. The van der Waals surface area contributed by atoms with Gasteiger partial charge in [0, 0.05) is 29.3 Å². The fourth-order valence-corrected chi connectivity index (χ4v) is 3.27. The van der Waals surface area contributed by atoms with Gasteiger partial charge < -0.3 is 10.3 Å². The van der Waals surface area contributed by atoms with E-state index in [1.807, 2.05) is 24.3 Å². The van der Waals surface area contributed by atoms with E-state index in [-0.39, 0.29) is 5.91 Å². The largest absolute Gasteiger partial charge is 0.337 e. The fraction of sp³-hybridized carbons (Fsp3) is 0.120. The van der Waals surface area contributed by atoms with Crippen LogP contribution in [-0.4, -0.2) is 15.9 Å². The van der Waals surface area contributed by atoms with E-state index in [1.165, 1.54) is 18.1 Å². The molecule has 0 aliphatic heterocycles.